The predicted molar refractivity (Wildman–Crippen MR) is 130 cm³/mol. The standard InChI is InChI=1S/C20H29N5O2S.HI/c1-5-21-20(23-12-19-11-22-14(2)28-19)24-15-6-7-25(13-15)16-8-17(26-3)10-18(9-16)27-4;/h8-11,15H,5-7,12-13H2,1-4H3,(H2,21,23,24);1H. The fourth-order valence-corrected chi connectivity index (χ4v) is 3.96. The highest BCUT2D eigenvalue weighted by molar-refractivity contribution is 14.0. The Bertz CT molecular complexity index is 792. The summed E-state index contributed by atoms with van der Waals surface area (Å²) < 4.78 is 10.8. The molecule has 0 saturated carbocycles. The number of thiazole rings is 1. The molecule has 1 saturated heterocycles. The van der Waals surface area contributed by atoms with E-state index in [0.717, 1.165) is 54.2 Å². The zero-order valence-electron chi connectivity index (χ0n) is 17.4. The minimum atomic E-state index is 0. The lowest BCUT2D eigenvalue weighted by atomic mass is 10.2. The summed E-state index contributed by atoms with van der Waals surface area (Å²) >= 11 is 1.69. The third-order valence-electron chi connectivity index (χ3n) is 4.64. The normalized spacial score (nSPS) is 16.3. The molecule has 1 unspecified atom stereocenters. The first-order chi connectivity index (χ1) is 13.6. The molecule has 0 bridgehead atoms. The van der Waals surface area contributed by atoms with Gasteiger partial charge in [0, 0.05) is 60.6 Å². The van der Waals surface area contributed by atoms with E-state index in [0.29, 0.717) is 12.6 Å². The van der Waals surface area contributed by atoms with Crippen LogP contribution in [0.25, 0.3) is 0 Å². The van der Waals surface area contributed by atoms with Gasteiger partial charge in [-0.1, -0.05) is 0 Å². The van der Waals surface area contributed by atoms with Crippen molar-refractivity contribution in [3.8, 4) is 11.5 Å². The molecule has 2 N–H and O–H groups in total. The molecule has 3 rings (SSSR count). The van der Waals surface area contributed by atoms with Crippen LogP contribution in [0.5, 0.6) is 11.5 Å². The first-order valence-electron chi connectivity index (χ1n) is 9.55. The lowest BCUT2D eigenvalue weighted by Crippen LogP contribution is -2.44. The number of benzene rings is 1. The molecule has 1 atom stereocenters. The number of hydrogen-bond acceptors (Lipinski definition) is 6. The smallest absolute Gasteiger partial charge is 0.191 e. The average molecular weight is 531 g/mol. The maximum Gasteiger partial charge on any atom is 0.191 e. The van der Waals surface area contributed by atoms with Gasteiger partial charge < -0.3 is 25.0 Å². The van der Waals surface area contributed by atoms with E-state index in [1.165, 1.54) is 4.88 Å². The highest BCUT2D eigenvalue weighted by atomic mass is 127. The molecule has 1 fully saturated rings. The number of rotatable bonds is 7. The van der Waals surface area contributed by atoms with E-state index in [1.807, 2.05) is 19.2 Å². The number of anilines is 1. The van der Waals surface area contributed by atoms with Crippen LogP contribution in [0.15, 0.2) is 29.4 Å². The van der Waals surface area contributed by atoms with E-state index in [9.17, 15) is 0 Å². The maximum absolute atomic E-state index is 5.40. The third kappa shape index (κ3) is 6.63. The Labute approximate surface area is 193 Å². The first-order valence-corrected chi connectivity index (χ1v) is 10.4. The van der Waals surface area contributed by atoms with Gasteiger partial charge in [0.2, 0.25) is 0 Å². The molecule has 1 aromatic carbocycles. The summed E-state index contributed by atoms with van der Waals surface area (Å²) in [5.74, 6) is 2.46. The third-order valence-corrected chi connectivity index (χ3v) is 5.53. The summed E-state index contributed by atoms with van der Waals surface area (Å²) in [6, 6.07) is 6.33. The van der Waals surface area contributed by atoms with Crippen molar-refractivity contribution in [2.45, 2.75) is 32.9 Å². The summed E-state index contributed by atoms with van der Waals surface area (Å²) in [7, 11) is 3.35. The molecule has 1 aliphatic rings. The van der Waals surface area contributed by atoms with Gasteiger partial charge in [0.1, 0.15) is 11.5 Å². The molecule has 0 spiro atoms. The Hall–Kier alpha value is -1.75. The molecular formula is C20H30IN5O2S. The molecule has 1 aliphatic heterocycles. The van der Waals surface area contributed by atoms with Crippen LogP contribution in [0.2, 0.25) is 0 Å². The van der Waals surface area contributed by atoms with Crippen LogP contribution in [0.3, 0.4) is 0 Å². The van der Waals surface area contributed by atoms with Gasteiger partial charge in [-0.05, 0) is 20.3 Å². The van der Waals surface area contributed by atoms with Gasteiger partial charge in [-0.2, -0.15) is 0 Å². The van der Waals surface area contributed by atoms with Crippen molar-refractivity contribution in [3.63, 3.8) is 0 Å². The highest BCUT2D eigenvalue weighted by Crippen LogP contribution is 2.30. The number of hydrogen-bond donors (Lipinski definition) is 2. The van der Waals surface area contributed by atoms with Crippen LogP contribution in [0.1, 0.15) is 23.2 Å². The summed E-state index contributed by atoms with van der Waals surface area (Å²) in [6.07, 6.45) is 2.95. The molecule has 0 radical (unpaired) electrons. The number of halogens is 1. The first kappa shape index (κ1) is 23.5. The fraction of sp³-hybridized carbons (Fsp3) is 0.500. The topological polar surface area (TPSA) is 71.0 Å². The van der Waals surface area contributed by atoms with Crippen molar-refractivity contribution in [3.05, 3.63) is 34.3 Å². The second-order valence-electron chi connectivity index (χ2n) is 6.69. The lowest BCUT2D eigenvalue weighted by Gasteiger charge is -2.21. The maximum atomic E-state index is 5.40. The second-order valence-corrected chi connectivity index (χ2v) is 8.01. The van der Waals surface area contributed by atoms with Crippen LogP contribution in [-0.4, -0.2) is 50.8 Å². The number of guanidine groups is 1. The van der Waals surface area contributed by atoms with Gasteiger partial charge in [0.05, 0.1) is 25.8 Å². The number of aryl methyl sites for hydroxylation is 1. The summed E-state index contributed by atoms with van der Waals surface area (Å²) in [5.41, 5.74) is 1.11. The van der Waals surface area contributed by atoms with Gasteiger partial charge in [-0.25, -0.2) is 9.98 Å². The van der Waals surface area contributed by atoms with Gasteiger partial charge in [0.25, 0.3) is 0 Å². The van der Waals surface area contributed by atoms with E-state index in [1.54, 1.807) is 25.6 Å². The second kappa shape index (κ2) is 11.4. The van der Waals surface area contributed by atoms with E-state index in [4.69, 9.17) is 14.5 Å². The van der Waals surface area contributed by atoms with E-state index in [-0.39, 0.29) is 24.0 Å². The Morgan fingerprint density at radius 3 is 2.59 bits per heavy atom. The zero-order chi connectivity index (χ0) is 19.9. The van der Waals surface area contributed by atoms with Gasteiger partial charge in [-0.3, -0.25) is 0 Å². The number of ether oxygens (including phenoxy) is 2. The van der Waals surface area contributed by atoms with Crippen molar-refractivity contribution < 1.29 is 9.47 Å². The molecule has 29 heavy (non-hydrogen) atoms. The molecule has 160 valence electrons. The average Bonchev–Trinajstić information content (AvgIpc) is 3.34. The van der Waals surface area contributed by atoms with Gasteiger partial charge in [0.15, 0.2) is 5.96 Å². The van der Waals surface area contributed by atoms with Crippen LogP contribution in [-0.2, 0) is 6.54 Å². The minimum Gasteiger partial charge on any atom is -0.497 e. The summed E-state index contributed by atoms with van der Waals surface area (Å²) in [5, 5.41) is 7.98. The molecule has 2 aromatic rings. The number of nitrogens with zero attached hydrogens (tertiary/aromatic N) is 3. The minimum absolute atomic E-state index is 0. The van der Waals surface area contributed by atoms with Gasteiger partial charge in [-0.15, -0.1) is 35.3 Å². The van der Waals surface area contributed by atoms with Crippen LogP contribution >= 0.6 is 35.3 Å². The number of aromatic nitrogens is 1. The number of aliphatic imine (C=N–C) groups is 1. The Morgan fingerprint density at radius 2 is 2.00 bits per heavy atom. The van der Waals surface area contributed by atoms with Crippen molar-refractivity contribution in [1.82, 2.24) is 15.6 Å². The monoisotopic (exact) mass is 531 g/mol. The Kier molecular flexibility index (Phi) is 9.28. The molecule has 7 nitrogen and oxygen atoms in total. The molecule has 1 aromatic heterocycles. The largest absolute Gasteiger partial charge is 0.497 e. The van der Waals surface area contributed by atoms with Crippen LogP contribution < -0.4 is 25.0 Å². The van der Waals surface area contributed by atoms with Gasteiger partial charge >= 0.3 is 0 Å². The molecule has 9 heteroatoms. The summed E-state index contributed by atoms with van der Waals surface area (Å²) in [4.78, 5) is 12.5. The van der Waals surface area contributed by atoms with Crippen LogP contribution in [0.4, 0.5) is 5.69 Å². The fourth-order valence-electron chi connectivity index (χ4n) is 3.24. The van der Waals surface area contributed by atoms with E-state index >= 15 is 0 Å². The quantitative estimate of drug-likeness (QED) is 0.324. The predicted octanol–water partition coefficient (Wildman–Crippen LogP) is 3.42. The number of methoxy groups -OCH3 is 2. The molecule has 2 heterocycles. The van der Waals surface area contributed by atoms with Crippen LogP contribution in [0, 0.1) is 6.92 Å². The van der Waals surface area contributed by atoms with Crippen molar-refractivity contribution in [2.24, 2.45) is 4.99 Å². The van der Waals surface area contributed by atoms with Crippen molar-refractivity contribution in [2.75, 3.05) is 38.8 Å². The van der Waals surface area contributed by atoms with E-state index in [2.05, 4.69) is 39.6 Å². The molecular weight excluding hydrogens is 501 g/mol. The summed E-state index contributed by atoms with van der Waals surface area (Å²) in [6.45, 7) is 7.45. The SMILES string of the molecule is CCNC(=NCc1cnc(C)s1)NC1CCN(c2cc(OC)cc(OC)c2)C1.I. The Morgan fingerprint density at radius 1 is 1.28 bits per heavy atom. The number of nitrogens with one attached hydrogen (secondary N) is 2. The van der Waals surface area contributed by atoms with Crippen molar-refractivity contribution in [1.29, 1.82) is 0 Å². The van der Waals surface area contributed by atoms with E-state index < -0.39 is 0 Å². The zero-order valence-corrected chi connectivity index (χ0v) is 20.5. The molecule has 0 amide bonds. The van der Waals surface area contributed by atoms with Crippen molar-refractivity contribution >= 4 is 47.0 Å². The molecule has 0 aliphatic carbocycles. The lowest BCUT2D eigenvalue weighted by molar-refractivity contribution is 0.394. The Balaban J connectivity index is 0.00000300. The highest BCUT2D eigenvalue weighted by Gasteiger charge is 2.24.